The fourth-order valence-electron chi connectivity index (χ4n) is 2.79. The largest absolute Gasteiger partial charge is 0.314 e. The van der Waals surface area contributed by atoms with Crippen molar-refractivity contribution >= 4 is 21.8 Å². The first kappa shape index (κ1) is 18.6. The van der Waals surface area contributed by atoms with Gasteiger partial charge in [-0.25, -0.2) is 4.39 Å². The minimum atomic E-state index is -3.66. The molecule has 1 heterocycles. The molecule has 1 fully saturated rings. The molecule has 1 aromatic rings. The van der Waals surface area contributed by atoms with Crippen molar-refractivity contribution in [3.05, 3.63) is 34.6 Å². The van der Waals surface area contributed by atoms with Gasteiger partial charge in [-0.05, 0) is 18.6 Å². The van der Waals surface area contributed by atoms with Crippen LogP contribution in [0.4, 0.5) is 4.39 Å². The van der Waals surface area contributed by atoms with Crippen LogP contribution in [0.5, 0.6) is 0 Å². The topological polar surface area (TPSA) is 52.7 Å². The zero-order valence-corrected chi connectivity index (χ0v) is 15.0. The Hall–Kier alpha value is -0.730. The minimum Gasteiger partial charge on any atom is -0.314 e. The maximum atomic E-state index is 13.9. The van der Waals surface area contributed by atoms with E-state index in [-0.39, 0.29) is 23.2 Å². The van der Waals surface area contributed by atoms with E-state index in [2.05, 4.69) is 5.32 Å². The number of hydrogen-bond donors (Lipinski definition) is 1. The summed E-state index contributed by atoms with van der Waals surface area (Å²) in [6, 6.07) is 4.28. The third-order valence-corrected chi connectivity index (χ3v) is 6.40. The highest BCUT2D eigenvalue weighted by atomic mass is 35.5. The molecule has 0 radical (unpaired) electrons. The first-order valence-corrected chi connectivity index (χ1v) is 9.52. The van der Waals surface area contributed by atoms with Crippen LogP contribution in [0.25, 0.3) is 0 Å². The van der Waals surface area contributed by atoms with Crippen molar-refractivity contribution in [3.8, 4) is 0 Å². The van der Waals surface area contributed by atoms with E-state index in [4.69, 9.17) is 11.6 Å². The van der Waals surface area contributed by atoms with Gasteiger partial charge in [-0.15, -0.1) is 0 Å². The van der Waals surface area contributed by atoms with Gasteiger partial charge >= 0.3 is 0 Å². The Morgan fingerprint density at radius 3 is 2.87 bits per heavy atom. The molecule has 8 heteroatoms. The number of piperazine rings is 1. The summed E-state index contributed by atoms with van der Waals surface area (Å²) in [5, 5.41) is 3.46. The summed E-state index contributed by atoms with van der Waals surface area (Å²) in [6.45, 7) is 3.62. The summed E-state index contributed by atoms with van der Waals surface area (Å²) in [4.78, 5) is 0. The normalized spacial score (nSPS) is 20.1. The highest BCUT2D eigenvalue weighted by Gasteiger charge is 2.34. The van der Waals surface area contributed by atoms with Crippen molar-refractivity contribution in [1.29, 1.82) is 0 Å². The van der Waals surface area contributed by atoms with Gasteiger partial charge < -0.3 is 5.32 Å². The van der Waals surface area contributed by atoms with E-state index in [1.807, 2.05) is 6.92 Å². The highest BCUT2D eigenvalue weighted by Crippen LogP contribution is 2.23. The predicted molar refractivity (Wildman–Crippen MR) is 90.1 cm³/mol. The van der Waals surface area contributed by atoms with Crippen LogP contribution in [0.2, 0.25) is 5.02 Å². The molecule has 1 saturated heterocycles. The molecule has 0 saturated carbocycles. The van der Waals surface area contributed by atoms with E-state index in [0.29, 0.717) is 19.6 Å². The van der Waals surface area contributed by atoms with Gasteiger partial charge in [-0.2, -0.15) is 17.0 Å². The Kier molecular flexibility index (Phi) is 6.39. The van der Waals surface area contributed by atoms with Crippen LogP contribution < -0.4 is 5.32 Å². The van der Waals surface area contributed by atoms with Crippen molar-refractivity contribution < 1.29 is 12.8 Å². The van der Waals surface area contributed by atoms with Crippen molar-refractivity contribution in [2.45, 2.75) is 32.4 Å². The molecule has 1 aliphatic heterocycles. The lowest BCUT2D eigenvalue weighted by atomic mass is 10.1. The van der Waals surface area contributed by atoms with Crippen molar-refractivity contribution in [1.82, 2.24) is 13.9 Å². The zero-order valence-electron chi connectivity index (χ0n) is 13.4. The average Bonchev–Trinajstić information content (AvgIpc) is 2.51. The van der Waals surface area contributed by atoms with Crippen LogP contribution in [0.15, 0.2) is 18.2 Å². The summed E-state index contributed by atoms with van der Waals surface area (Å²) >= 11 is 6.00. The molecule has 1 unspecified atom stereocenters. The van der Waals surface area contributed by atoms with Crippen LogP contribution in [-0.4, -0.2) is 49.8 Å². The predicted octanol–water partition coefficient (Wildman–Crippen LogP) is 2.23. The molecule has 1 atom stereocenters. The number of halogens is 2. The molecule has 1 aliphatic rings. The Labute approximate surface area is 142 Å². The maximum absolute atomic E-state index is 13.9. The maximum Gasteiger partial charge on any atom is 0.282 e. The summed E-state index contributed by atoms with van der Waals surface area (Å²) in [5.41, 5.74) is 0.197. The van der Waals surface area contributed by atoms with E-state index >= 15 is 0 Å². The van der Waals surface area contributed by atoms with E-state index in [1.54, 1.807) is 6.07 Å². The molecule has 0 spiro atoms. The summed E-state index contributed by atoms with van der Waals surface area (Å²) in [5.74, 6) is -0.495. The molecule has 5 nitrogen and oxygen atoms in total. The summed E-state index contributed by atoms with van der Waals surface area (Å²) < 4.78 is 42.3. The van der Waals surface area contributed by atoms with Gasteiger partial charge in [-0.1, -0.05) is 31.0 Å². The molecule has 0 amide bonds. The summed E-state index contributed by atoms with van der Waals surface area (Å²) in [6.07, 6.45) is 1.70. The molecule has 0 aliphatic carbocycles. The minimum absolute atomic E-state index is 0.0720. The van der Waals surface area contributed by atoms with E-state index < -0.39 is 16.0 Å². The van der Waals surface area contributed by atoms with Gasteiger partial charge in [0.2, 0.25) is 0 Å². The van der Waals surface area contributed by atoms with Crippen molar-refractivity contribution in [2.75, 3.05) is 26.7 Å². The van der Waals surface area contributed by atoms with Crippen molar-refractivity contribution in [3.63, 3.8) is 0 Å². The Balaban J connectivity index is 2.20. The Morgan fingerprint density at radius 2 is 2.22 bits per heavy atom. The van der Waals surface area contributed by atoms with E-state index in [9.17, 15) is 12.8 Å². The monoisotopic (exact) mass is 363 g/mol. The van der Waals surface area contributed by atoms with Crippen LogP contribution >= 0.6 is 11.6 Å². The second-order valence-corrected chi connectivity index (χ2v) is 8.12. The molecule has 130 valence electrons. The van der Waals surface area contributed by atoms with Crippen LogP contribution in [0.3, 0.4) is 0 Å². The fourth-order valence-corrected chi connectivity index (χ4v) is 4.54. The van der Waals surface area contributed by atoms with Gasteiger partial charge in [0.25, 0.3) is 10.2 Å². The molecule has 0 bridgehead atoms. The standard InChI is InChI=1S/C15H23ClFN3O2S/c1-3-5-12-10-18-8-9-20(12)23(21,22)19(2)11-13-14(16)6-4-7-15(13)17/h4,6-7,12,18H,3,5,8-11H2,1-2H3. The number of benzene rings is 1. The van der Waals surface area contributed by atoms with E-state index in [0.717, 1.165) is 12.8 Å². The van der Waals surface area contributed by atoms with Gasteiger partial charge in [0.1, 0.15) is 5.82 Å². The lowest BCUT2D eigenvalue weighted by molar-refractivity contribution is 0.237. The molecular formula is C15H23ClFN3O2S. The smallest absolute Gasteiger partial charge is 0.282 e. The SMILES string of the molecule is CCCC1CNCCN1S(=O)(=O)N(C)Cc1c(F)cccc1Cl. The van der Waals surface area contributed by atoms with Gasteiger partial charge in [0.15, 0.2) is 0 Å². The molecule has 0 aromatic heterocycles. The Morgan fingerprint density at radius 1 is 1.48 bits per heavy atom. The van der Waals surface area contributed by atoms with Crippen LogP contribution in [0.1, 0.15) is 25.3 Å². The number of hydrogen-bond acceptors (Lipinski definition) is 3. The molecule has 2 rings (SSSR count). The lowest BCUT2D eigenvalue weighted by Gasteiger charge is -2.37. The van der Waals surface area contributed by atoms with Gasteiger partial charge in [0.05, 0.1) is 0 Å². The summed E-state index contributed by atoms with van der Waals surface area (Å²) in [7, 11) is -2.20. The van der Waals surface area contributed by atoms with Crippen LogP contribution in [-0.2, 0) is 16.8 Å². The van der Waals surface area contributed by atoms with E-state index in [1.165, 1.54) is 27.8 Å². The average molecular weight is 364 g/mol. The Bertz CT molecular complexity index is 619. The third-order valence-electron chi connectivity index (χ3n) is 4.05. The zero-order chi connectivity index (χ0) is 17.0. The fraction of sp³-hybridized carbons (Fsp3) is 0.600. The van der Waals surface area contributed by atoms with Gasteiger partial charge in [0, 0.05) is 49.9 Å². The second-order valence-electron chi connectivity index (χ2n) is 5.72. The first-order valence-electron chi connectivity index (χ1n) is 7.74. The molecule has 1 N–H and O–H groups in total. The highest BCUT2D eigenvalue weighted by molar-refractivity contribution is 7.86. The number of nitrogens with one attached hydrogen (secondary N) is 1. The van der Waals surface area contributed by atoms with Crippen molar-refractivity contribution in [2.24, 2.45) is 0 Å². The third kappa shape index (κ3) is 4.22. The number of nitrogens with zero attached hydrogens (tertiary/aromatic N) is 2. The van der Waals surface area contributed by atoms with Crippen LogP contribution in [0, 0.1) is 5.82 Å². The van der Waals surface area contributed by atoms with Gasteiger partial charge in [-0.3, -0.25) is 0 Å². The molecule has 23 heavy (non-hydrogen) atoms. The molecule has 1 aromatic carbocycles. The first-order chi connectivity index (χ1) is 10.9. The number of rotatable bonds is 6. The molecular weight excluding hydrogens is 341 g/mol. The lowest BCUT2D eigenvalue weighted by Crippen LogP contribution is -2.56. The quantitative estimate of drug-likeness (QED) is 0.843. The second kappa shape index (κ2) is 7.90.